The first kappa shape index (κ1) is 14.8. The van der Waals surface area contributed by atoms with Gasteiger partial charge in [-0.25, -0.2) is 9.59 Å². The van der Waals surface area contributed by atoms with E-state index < -0.39 is 24.1 Å². The Hall–Kier alpha value is -2.57. The number of carbonyl (C=O) groups is 3. The summed E-state index contributed by atoms with van der Waals surface area (Å²) in [6.45, 7) is 0.0632. The number of methoxy groups -OCH3 is 1. The van der Waals surface area contributed by atoms with Gasteiger partial charge in [0.05, 0.1) is 7.11 Å². The molecule has 2 N–H and O–H groups in total. The minimum atomic E-state index is -1.21. The third-order valence-electron chi connectivity index (χ3n) is 3.39. The normalized spacial score (nSPS) is 20.9. The van der Waals surface area contributed by atoms with Crippen molar-refractivity contribution in [2.75, 3.05) is 13.7 Å². The second kappa shape index (κ2) is 6.25. The molecular weight excluding hydrogens is 276 g/mol. The average molecular weight is 292 g/mol. The molecule has 1 heterocycles. The second-order valence-electron chi connectivity index (χ2n) is 4.75. The second-order valence-corrected chi connectivity index (χ2v) is 4.75. The highest BCUT2D eigenvalue weighted by Crippen LogP contribution is 2.19. The van der Waals surface area contributed by atoms with Gasteiger partial charge in [0.15, 0.2) is 0 Å². The molecule has 1 saturated heterocycles. The van der Waals surface area contributed by atoms with E-state index in [2.05, 4.69) is 10.1 Å². The zero-order valence-corrected chi connectivity index (χ0v) is 11.5. The molecule has 0 bridgehead atoms. The van der Waals surface area contributed by atoms with E-state index in [1.165, 1.54) is 7.11 Å². The number of hydrogen-bond donors (Lipinski definition) is 2. The first-order valence-electron chi connectivity index (χ1n) is 6.46. The smallest absolute Gasteiger partial charge is 0.408 e. The zero-order chi connectivity index (χ0) is 15.4. The Morgan fingerprint density at radius 1 is 1.29 bits per heavy atom. The van der Waals surface area contributed by atoms with Crippen LogP contribution in [0.1, 0.15) is 16.8 Å². The van der Waals surface area contributed by atoms with Gasteiger partial charge in [-0.1, -0.05) is 18.2 Å². The largest absolute Gasteiger partial charge is 0.467 e. The maximum Gasteiger partial charge on any atom is 0.408 e. The first-order valence-corrected chi connectivity index (χ1v) is 6.46. The molecule has 1 aliphatic heterocycles. The van der Waals surface area contributed by atoms with Gasteiger partial charge in [-0.2, -0.15) is 0 Å². The van der Waals surface area contributed by atoms with Gasteiger partial charge < -0.3 is 15.2 Å². The van der Waals surface area contributed by atoms with Gasteiger partial charge in [0.25, 0.3) is 5.91 Å². The van der Waals surface area contributed by atoms with Crippen LogP contribution in [0.3, 0.4) is 0 Å². The summed E-state index contributed by atoms with van der Waals surface area (Å²) in [7, 11) is 1.21. The Balaban J connectivity index is 2.04. The lowest BCUT2D eigenvalue weighted by Crippen LogP contribution is -2.41. The number of likely N-dealkylation sites (tertiary alicyclic amines) is 1. The molecule has 1 fully saturated rings. The summed E-state index contributed by atoms with van der Waals surface area (Å²) in [5, 5.41) is 11.8. The van der Waals surface area contributed by atoms with Gasteiger partial charge >= 0.3 is 12.1 Å². The van der Waals surface area contributed by atoms with Crippen molar-refractivity contribution in [3.05, 3.63) is 35.9 Å². The number of amides is 2. The molecule has 1 aromatic carbocycles. The van der Waals surface area contributed by atoms with E-state index in [1.54, 1.807) is 30.3 Å². The third kappa shape index (κ3) is 3.31. The highest BCUT2D eigenvalue weighted by atomic mass is 16.5. The van der Waals surface area contributed by atoms with E-state index in [1.807, 2.05) is 0 Å². The van der Waals surface area contributed by atoms with Crippen LogP contribution in [0.4, 0.5) is 4.79 Å². The number of hydrogen-bond acceptors (Lipinski definition) is 4. The number of ether oxygens (including phenoxy) is 1. The van der Waals surface area contributed by atoms with Crippen LogP contribution in [0.25, 0.3) is 0 Å². The fraction of sp³-hybridized carbons (Fsp3) is 0.357. The van der Waals surface area contributed by atoms with E-state index >= 15 is 0 Å². The number of esters is 1. The van der Waals surface area contributed by atoms with Crippen LogP contribution in [0.5, 0.6) is 0 Å². The summed E-state index contributed by atoms with van der Waals surface area (Å²) >= 11 is 0. The molecule has 0 unspecified atom stereocenters. The molecule has 7 heteroatoms. The number of rotatable bonds is 3. The molecule has 0 aromatic heterocycles. The van der Waals surface area contributed by atoms with Crippen molar-refractivity contribution in [3.8, 4) is 0 Å². The summed E-state index contributed by atoms with van der Waals surface area (Å²) in [5.41, 5.74) is 0.487. The lowest BCUT2D eigenvalue weighted by molar-refractivity contribution is -0.145. The quantitative estimate of drug-likeness (QED) is 0.800. The van der Waals surface area contributed by atoms with Gasteiger partial charge in [-0.3, -0.25) is 9.69 Å². The number of nitrogens with one attached hydrogen (secondary N) is 1. The highest BCUT2D eigenvalue weighted by Gasteiger charge is 2.41. The minimum Gasteiger partial charge on any atom is -0.467 e. The Bertz CT molecular complexity index is 546. The van der Waals surface area contributed by atoms with E-state index in [-0.39, 0.29) is 18.9 Å². The molecule has 0 saturated carbocycles. The standard InChI is InChI=1S/C14H16N2O5/c1-21-13(18)11-7-10(8-16(11)14(19)20)15-12(17)9-5-3-2-4-6-9/h2-6,10-11H,7-8H2,1H3,(H,15,17)(H,19,20)/t10-,11+/m0/s1. The van der Waals surface area contributed by atoms with Crippen LogP contribution >= 0.6 is 0 Å². The first-order chi connectivity index (χ1) is 10.0. The van der Waals surface area contributed by atoms with Crippen LogP contribution in [-0.4, -0.2) is 53.7 Å². The fourth-order valence-corrected chi connectivity index (χ4v) is 2.37. The predicted molar refractivity (Wildman–Crippen MR) is 72.8 cm³/mol. The Kier molecular flexibility index (Phi) is 4.42. The predicted octanol–water partition coefficient (Wildman–Crippen LogP) is 0.710. The number of benzene rings is 1. The van der Waals surface area contributed by atoms with Gasteiger partial charge in [0, 0.05) is 24.6 Å². The monoisotopic (exact) mass is 292 g/mol. The van der Waals surface area contributed by atoms with Crippen molar-refractivity contribution in [2.24, 2.45) is 0 Å². The molecule has 21 heavy (non-hydrogen) atoms. The molecular formula is C14H16N2O5. The third-order valence-corrected chi connectivity index (χ3v) is 3.39. The van der Waals surface area contributed by atoms with E-state index in [0.717, 1.165) is 4.90 Å². The molecule has 1 aliphatic rings. The van der Waals surface area contributed by atoms with E-state index in [9.17, 15) is 14.4 Å². The van der Waals surface area contributed by atoms with Crippen LogP contribution < -0.4 is 5.32 Å². The maximum atomic E-state index is 12.0. The number of carboxylic acid groups (broad SMARTS) is 1. The van der Waals surface area contributed by atoms with Gasteiger partial charge in [-0.05, 0) is 12.1 Å². The zero-order valence-electron chi connectivity index (χ0n) is 11.5. The van der Waals surface area contributed by atoms with Crippen molar-refractivity contribution in [2.45, 2.75) is 18.5 Å². The molecule has 2 amide bonds. The van der Waals surface area contributed by atoms with Gasteiger partial charge in [-0.15, -0.1) is 0 Å². The lowest BCUT2D eigenvalue weighted by Gasteiger charge is -2.18. The van der Waals surface area contributed by atoms with Crippen molar-refractivity contribution >= 4 is 18.0 Å². The number of carbonyl (C=O) groups excluding carboxylic acids is 2. The van der Waals surface area contributed by atoms with Crippen LogP contribution in [0.2, 0.25) is 0 Å². The fourth-order valence-electron chi connectivity index (χ4n) is 2.37. The van der Waals surface area contributed by atoms with E-state index in [0.29, 0.717) is 5.56 Å². The molecule has 7 nitrogen and oxygen atoms in total. The van der Waals surface area contributed by atoms with Crippen LogP contribution in [0, 0.1) is 0 Å². The van der Waals surface area contributed by atoms with Crippen LogP contribution in [0.15, 0.2) is 30.3 Å². The van der Waals surface area contributed by atoms with Gasteiger partial charge in [0.1, 0.15) is 6.04 Å². The maximum absolute atomic E-state index is 12.0. The van der Waals surface area contributed by atoms with Crippen LogP contribution in [-0.2, 0) is 9.53 Å². The Morgan fingerprint density at radius 2 is 1.95 bits per heavy atom. The average Bonchev–Trinajstić information content (AvgIpc) is 2.91. The summed E-state index contributed by atoms with van der Waals surface area (Å²) in [6, 6.07) is 7.31. The molecule has 0 radical (unpaired) electrons. The van der Waals surface area contributed by atoms with E-state index in [4.69, 9.17) is 5.11 Å². The topological polar surface area (TPSA) is 95.9 Å². The number of nitrogens with zero attached hydrogens (tertiary/aromatic N) is 1. The minimum absolute atomic E-state index is 0.0632. The summed E-state index contributed by atoms with van der Waals surface area (Å²) in [6.07, 6.45) is -1.00. The molecule has 1 aromatic rings. The molecule has 2 atom stereocenters. The van der Waals surface area contributed by atoms with Crippen molar-refractivity contribution in [3.63, 3.8) is 0 Å². The molecule has 0 spiro atoms. The summed E-state index contributed by atoms with van der Waals surface area (Å²) in [4.78, 5) is 35.7. The van der Waals surface area contributed by atoms with Gasteiger partial charge in [0.2, 0.25) is 0 Å². The molecule has 112 valence electrons. The summed E-state index contributed by atoms with van der Waals surface area (Å²) < 4.78 is 4.60. The Labute approximate surface area is 121 Å². The highest BCUT2D eigenvalue weighted by molar-refractivity contribution is 5.94. The van der Waals surface area contributed by atoms with Crippen molar-refractivity contribution < 1.29 is 24.2 Å². The van der Waals surface area contributed by atoms with Crippen molar-refractivity contribution in [1.29, 1.82) is 0 Å². The summed E-state index contributed by atoms with van der Waals surface area (Å²) in [5.74, 6) is -0.912. The molecule has 2 rings (SSSR count). The Morgan fingerprint density at radius 3 is 2.52 bits per heavy atom. The molecule has 0 aliphatic carbocycles. The SMILES string of the molecule is COC(=O)[C@H]1C[C@H](NC(=O)c2ccccc2)CN1C(=O)O. The van der Waals surface area contributed by atoms with Crippen molar-refractivity contribution in [1.82, 2.24) is 10.2 Å². The lowest BCUT2D eigenvalue weighted by atomic mass is 10.1.